The van der Waals surface area contributed by atoms with E-state index in [1.165, 1.54) is 16.6 Å². The first-order chi connectivity index (χ1) is 9.43. The maximum absolute atomic E-state index is 12.7. The van der Waals surface area contributed by atoms with Crippen molar-refractivity contribution in [3.8, 4) is 0 Å². The van der Waals surface area contributed by atoms with Gasteiger partial charge in [0.2, 0.25) is 10.0 Å². The SMILES string of the molecule is CCCCN(CCCC)S(=O)(=O)c1cc(Br)cnc1Cl. The van der Waals surface area contributed by atoms with Crippen LogP contribution in [-0.2, 0) is 10.0 Å². The molecule has 0 saturated heterocycles. The van der Waals surface area contributed by atoms with Gasteiger partial charge in [-0.25, -0.2) is 13.4 Å². The first kappa shape index (κ1) is 17.9. The first-order valence-electron chi connectivity index (χ1n) is 6.74. The molecule has 0 spiro atoms. The summed E-state index contributed by atoms with van der Waals surface area (Å²) in [5.41, 5.74) is 0. The minimum atomic E-state index is -3.59. The van der Waals surface area contributed by atoms with Gasteiger partial charge in [-0.1, -0.05) is 38.3 Å². The van der Waals surface area contributed by atoms with Crippen molar-refractivity contribution in [2.45, 2.75) is 44.4 Å². The van der Waals surface area contributed by atoms with Crippen molar-refractivity contribution in [2.75, 3.05) is 13.1 Å². The van der Waals surface area contributed by atoms with Crippen LogP contribution in [0, 0.1) is 0 Å². The molecule has 1 aromatic heterocycles. The number of rotatable bonds is 8. The van der Waals surface area contributed by atoms with Gasteiger partial charge >= 0.3 is 0 Å². The van der Waals surface area contributed by atoms with Gasteiger partial charge in [-0.2, -0.15) is 4.31 Å². The van der Waals surface area contributed by atoms with Crippen LogP contribution < -0.4 is 0 Å². The third-order valence-corrected chi connectivity index (χ3v) is 5.67. The average molecular weight is 384 g/mol. The Morgan fingerprint density at radius 2 is 1.80 bits per heavy atom. The Bertz CT molecular complexity index is 529. The molecule has 0 bridgehead atoms. The molecule has 1 rings (SSSR count). The molecule has 114 valence electrons. The number of aromatic nitrogens is 1. The van der Waals surface area contributed by atoms with E-state index in [-0.39, 0.29) is 10.0 Å². The van der Waals surface area contributed by atoms with Crippen LogP contribution in [0.25, 0.3) is 0 Å². The van der Waals surface area contributed by atoms with Gasteiger partial charge in [0, 0.05) is 23.8 Å². The number of pyridine rings is 1. The molecule has 4 nitrogen and oxygen atoms in total. The Hall–Kier alpha value is -0.170. The lowest BCUT2D eigenvalue weighted by molar-refractivity contribution is 0.395. The zero-order valence-corrected chi connectivity index (χ0v) is 14.9. The summed E-state index contributed by atoms with van der Waals surface area (Å²) in [4.78, 5) is 3.97. The Balaban J connectivity index is 3.10. The van der Waals surface area contributed by atoms with Gasteiger partial charge in [0.1, 0.15) is 10.0 Å². The van der Waals surface area contributed by atoms with E-state index in [0.717, 1.165) is 25.7 Å². The van der Waals surface area contributed by atoms with Crippen molar-refractivity contribution in [2.24, 2.45) is 0 Å². The van der Waals surface area contributed by atoms with Gasteiger partial charge in [0.15, 0.2) is 0 Å². The van der Waals surface area contributed by atoms with Crippen LogP contribution in [-0.4, -0.2) is 30.8 Å². The number of hydrogen-bond acceptors (Lipinski definition) is 3. The fourth-order valence-electron chi connectivity index (χ4n) is 1.75. The second kappa shape index (κ2) is 8.32. The second-order valence-electron chi connectivity index (χ2n) is 4.55. The Kier molecular flexibility index (Phi) is 7.43. The van der Waals surface area contributed by atoms with Crippen LogP contribution in [0.3, 0.4) is 0 Å². The van der Waals surface area contributed by atoms with Gasteiger partial charge in [0.25, 0.3) is 0 Å². The van der Waals surface area contributed by atoms with E-state index < -0.39 is 10.0 Å². The maximum atomic E-state index is 12.7. The van der Waals surface area contributed by atoms with E-state index >= 15 is 0 Å². The molecule has 0 radical (unpaired) electrons. The lowest BCUT2D eigenvalue weighted by Gasteiger charge is -2.22. The summed E-state index contributed by atoms with van der Waals surface area (Å²) in [7, 11) is -3.59. The molecule has 0 atom stereocenters. The van der Waals surface area contributed by atoms with E-state index in [4.69, 9.17) is 11.6 Å². The van der Waals surface area contributed by atoms with Gasteiger partial charge in [-0.3, -0.25) is 0 Å². The number of halogens is 2. The van der Waals surface area contributed by atoms with Crippen molar-refractivity contribution in [1.29, 1.82) is 0 Å². The normalized spacial score (nSPS) is 12.1. The third kappa shape index (κ3) is 4.69. The zero-order chi connectivity index (χ0) is 15.2. The van der Waals surface area contributed by atoms with Crippen LogP contribution in [0.2, 0.25) is 5.15 Å². The average Bonchev–Trinajstić information content (AvgIpc) is 2.41. The first-order valence-corrected chi connectivity index (χ1v) is 9.35. The zero-order valence-electron chi connectivity index (χ0n) is 11.8. The van der Waals surface area contributed by atoms with E-state index in [0.29, 0.717) is 17.6 Å². The molecule has 0 aromatic carbocycles. The molecule has 1 aromatic rings. The summed E-state index contributed by atoms with van der Waals surface area (Å²) in [6, 6.07) is 1.51. The highest BCUT2D eigenvalue weighted by atomic mass is 79.9. The maximum Gasteiger partial charge on any atom is 0.246 e. The molecule has 0 unspecified atom stereocenters. The molecule has 0 fully saturated rings. The second-order valence-corrected chi connectivity index (χ2v) is 7.73. The highest BCUT2D eigenvalue weighted by Crippen LogP contribution is 2.26. The molecular formula is C13H20BrClN2O2S. The fraction of sp³-hybridized carbons (Fsp3) is 0.615. The molecular weight excluding hydrogens is 364 g/mol. The molecule has 0 aliphatic heterocycles. The minimum absolute atomic E-state index is 0.0196. The third-order valence-electron chi connectivity index (χ3n) is 2.91. The van der Waals surface area contributed by atoms with Gasteiger partial charge in [-0.05, 0) is 34.8 Å². The van der Waals surface area contributed by atoms with Gasteiger partial charge < -0.3 is 0 Å². The molecule has 0 aliphatic rings. The van der Waals surface area contributed by atoms with Gasteiger partial charge in [-0.15, -0.1) is 0 Å². The smallest absolute Gasteiger partial charge is 0.242 e. The van der Waals surface area contributed by atoms with Crippen LogP contribution in [0.4, 0.5) is 0 Å². The molecule has 0 amide bonds. The number of sulfonamides is 1. The summed E-state index contributed by atoms with van der Waals surface area (Å²) >= 11 is 9.19. The highest BCUT2D eigenvalue weighted by Gasteiger charge is 2.26. The predicted molar refractivity (Wildman–Crippen MR) is 85.5 cm³/mol. The summed E-state index contributed by atoms with van der Waals surface area (Å²) in [6.45, 7) is 5.11. The monoisotopic (exact) mass is 382 g/mol. The molecule has 0 aliphatic carbocycles. The minimum Gasteiger partial charge on any atom is -0.242 e. The lowest BCUT2D eigenvalue weighted by Crippen LogP contribution is -2.33. The summed E-state index contributed by atoms with van der Waals surface area (Å²) in [6.07, 6.45) is 5.05. The fourth-order valence-corrected chi connectivity index (χ4v) is 4.18. The Morgan fingerprint density at radius 1 is 1.25 bits per heavy atom. The van der Waals surface area contributed by atoms with Crippen LogP contribution >= 0.6 is 27.5 Å². The van der Waals surface area contributed by atoms with Crippen LogP contribution in [0.5, 0.6) is 0 Å². The summed E-state index contributed by atoms with van der Waals surface area (Å²) in [5.74, 6) is 0. The van der Waals surface area contributed by atoms with E-state index in [1.807, 2.05) is 13.8 Å². The highest BCUT2D eigenvalue weighted by molar-refractivity contribution is 9.10. The Labute approximate surface area is 134 Å². The molecule has 7 heteroatoms. The number of hydrogen-bond donors (Lipinski definition) is 0. The van der Waals surface area contributed by atoms with Crippen LogP contribution in [0.15, 0.2) is 21.6 Å². The predicted octanol–water partition coefficient (Wildman–Crippen LogP) is 4.09. The summed E-state index contributed by atoms with van der Waals surface area (Å²) in [5, 5.41) is 0.0196. The van der Waals surface area contributed by atoms with Crippen molar-refractivity contribution >= 4 is 37.6 Å². The molecule has 20 heavy (non-hydrogen) atoms. The van der Waals surface area contributed by atoms with Crippen molar-refractivity contribution in [1.82, 2.24) is 9.29 Å². The van der Waals surface area contributed by atoms with E-state index in [9.17, 15) is 8.42 Å². The van der Waals surface area contributed by atoms with Gasteiger partial charge in [0.05, 0.1) is 0 Å². The standard InChI is InChI=1S/C13H20BrClN2O2S/c1-3-5-7-17(8-6-4-2)20(18,19)12-9-11(14)10-16-13(12)15/h9-10H,3-8H2,1-2H3. The number of unbranched alkanes of at least 4 members (excludes halogenated alkanes) is 2. The topological polar surface area (TPSA) is 50.3 Å². The van der Waals surface area contributed by atoms with E-state index in [2.05, 4.69) is 20.9 Å². The summed E-state index contributed by atoms with van der Waals surface area (Å²) < 4.78 is 27.5. The van der Waals surface area contributed by atoms with Crippen molar-refractivity contribution in [3.63, 3.8) is 0 Å². The Morgan fingerprint density at radius 3 is 2.30 bits per heavy atom. The van der Waals surface area contributed by atoms with Crippen molar-refractivity contribution in [3.05, 3.63) is 21.9 Å². The quantitative estimate of drug-likeness (QED) is 0.635. The van der Waals surface area contributed by atoms with Crippen molar-refractivity contribution < 1.29 is 8.42 Å². The molecule has 0 N–H and O–H groups in total. The van der Waals surface area contributed by atoms with E-state index in [1.54, 1.807) is 0 Å². The lowest BCUT2D eigenvalue weighted by atomic mass is 10.3. The van der Waals surface area contributed by atoms with Crippen LogP contribution in [0.1, 0.15) is 39.5 Å². The number of nitrogens with zero attached hydrogens (tertiary/aromatic N) is 2. The molecule has 0 saturated carbocycles. The molecule has 1 heterocycles. The largest absolute Gasteiger partial charge is 0.246 e.